The van der Waals surface area contributed by atoms with E-state index in [1.165, 1.54) is 0 Å². The van der Waals surface area contributed by atoms with Crippen molar-refractivity contribution in [3.8, 4) is 0 Å². The van der Waals surface area contributed by atoms with Crippen molar-refractivity contribution >= 4 is 21.8 Å². The predicted octanol–water partition coefficient (Wildman–Crippen LogP) is 2.01. The highest BCUT2D eigenvalue weighted by molar-refractivity contribution is 9.10. The van der Waals surface area contributed by atoms with Gasteiger partial charge >= 0.3 is 0 Å². The van der Waals surface area contributed by atoms with Gasteiger partial charge in [-0.15, -0.1) is 0 Å². The molecule has 0 radical (unpaired) electrons. The zero-order chi connectivity index (χ0) is 12.4. The molecule has 1 heterocycles. The molecule has 1 aromatic rings. The van der Waals surface area contributed by atoms with Crippen LogP contribution in [-0.2, 0) is 0 Å². The van der Waals surface area contributed by atoms with Crippen LogP contribution in [0.15, 0.2) is 16.7 Å². The average Bonchev–Trinajstić information content (AvgIpc) is 2.88. The molecule has 1 aromatic heterocycles. The molecule has 17 heavy (non-hydrogen) atoms. The summed E-state index contributed by atoms with van der Waals surface area (Å²) in [7, 11) is 1.78. The predicted molar refractivity (Wildman–Crippen MR) is 68.8 cm³/mol. The maximum Gasteiger partial charge on any atom is 0.270 e. The van der Waals surface area contributed by atoms with Crippen LogP contribution in [0.2, 0.25) is 0 Å². The highest BCUT2D eigenvalue weighted by Crippen LogP contribution is 2.26. The average molecular weight is 301 g/mol. The zero-order valence-corrected chi connectivity index (χ0v) is 11.4. The highest BCUT2D eigenvalue weighted by Gasteiger charge is 2.27. The van der Waals surface area contributed by atoms with E-state index in [2.05, 4.69) is 20.9 Å². The van der Waals surface area contributed by atoms with E-state index in [1.807, 2.05) is 0 Å². The van der Waals surface area contributed by atoms with E-state index in [1.54, 1.807) is 24.2 Å². The molecule has 0 aliphatic heterocycles. The monoisotopic (exact) mass is 300 g/mol. The smallest absolute Gasteiger partial charge is 0.270 e. The number of aromatic amines is 1. The van der Waals surface area contributed by atoms with Crippen molar-refractivity contribution in [2.45, 2.75) is 25.4 Å². The lowest BCUT2D eigenvalue weighted by atomic mass is 10.1. The van der Waals surface area contributed by atoms with Gasteiger partial charge in [0, 0.05) is 30.2 Å². The Hall–Kier alpha value is -0.810. The van der Waals surface area contributed by atoms with Gasteiger partial charge in [-0.25, -0.2) is 0 Å². The second kappa shape index (κ2) is 5.23. The number of H-pyrrole nitrogens is 1. The maximum atomic E-state index is 12.0. The minimum atomic E-state index is -0.249. The van der Waals surface area contributed by atoms with E-state index >= 15 is 0 Å². The van der Waals surface area contributed by atoms with Crippen molar-refractivity contribution in [1.29, 1.82) is 0 Å². The Morgan fingerprint density at radius 3 is 2.94 bits per heavy atom. The van der Waals surface area contributed by atoms with E-state index in [-0.39, 0.29) is 17.9 Å². The van der Waals surface area contributed by atoms with Gasteiger partial charge in [0.2, 0.25) is 0 Å². The number of aromatic nitrogens is 1. The topological polar surface area (TPSA) is 56.3 Å². The first-order valence-corrected chi connectivity index (χ1v) is 6.64. The normalized spacial score (nSPS) is 23.9. The molecule has 2 atom stereocenters. The molecule has 0 spiro atoms. The first-order valence-electron chi connectivity index (χ1n) is 5.85. The molecule has 0 aromatic carbocycles. The molecule has 1 saturated carbocycles. The fourth-order valence-electron chi connectivity index (χ4n) is 2.36. The van der Waals surface area contributed by atoms with Crippen molar-refractivity contribution in [1.82, 2.24) is 9.88 Å². The summed E-state index contributed by atoms with van der Waals surface area (Å²) in [6.07, 6.45) is 4.42. The third-order valence-electron chi connectivity index (χ3n) is 3.35. The molecule has 2 N–H and O–H groups in total. The first kappa shape index (κ1) is 12.6. The summed E-state index contributed by atoms with van der Waals surface area (Å²) in [5.74, 6) is 0.192. The number of nitrogens with one attached hydrogen (secondary N) is 1. The number of halogens is 1. The summed E-state index contributed by atoms with van der Waals surface area (Å²) >= 11 is 3.31. The Morgan fingerprint density at radius 2 is 2.41 bits per heavy atom. The van der Waals surface area contributed by atoms with Gasteiger partial charge in [-0.2, -0.15) is 0 Å². The van der Waals surface area contributed by atoms with Crippen LogP contribution in [0.5, 0.6) is 0 Å². The van der Waals surface area contributed by atoms with Crippen LogP contribution in [0.25, 0.3) is 0 Å². The summed E-state index contributed by atoms with van der Waals surface area (Å²) in [4.78, 5) is 16.6. The van der Waals surface area contributed by atoms with Gasteiger partial charge in [-0.1, -0.05) is 6.42 Å². The molecule has 2 rings (SSSR count). The van der Waals surface area contributed by atoms with Crippen LogP contribution in [-0.4, -0.2) is 40.6 Å². The number of aliphatic hydroxyl groups excluding tert-OH is 1. The second-order valence-corrected chi connectivity index (χ2v) is 5.59. The Morgan fingerprint density at radius 1 is 1.65 bits per heavy atom. The summed E-state index contributed by atoms with van der Waals surface area (Å²) in [6.45, 7) is 0.622. The number of rotatable bonds is 3. The third kappa shape index (κ3) is 2.90. The minimum Gasteiger partial charge on any atom is -0.393 e. The number of carbonyl (C=O) groups is 1. The van der Waals surface area contributed by atoms with Gasteiger partial charge in [0.05, 0.1) is 6.10 Å². The number of aliphatic hydroxyl groups is 1. The Kier molecular flexibility index (Phi) is 3.89. The summed E-state index contributed by atoms with van der Waals surface area (Å²) in [6, 6.07) is 1.77. The molecular formula is C12H17BrN2O2. The van der Waals surface area contributed by atoms with Gasteiger partial charge in [0.15, 0.2) is 0 Å². The van der Waals surface area contributed by atoms with E-state index in [0.29, 0.717) is 12.2 Å². The van der Waals surface area contributed by atoms with Gasteiger partial charge in [0.1, 0.15) is 5.69 Å². The number of amides is 1. The van der Waals surface area contributed by atoms with E-state index in [4.69, 9.17) is 0 Å². The van der Waals surface area contributed by atoms with Crippen LogP contribution < -0.4 is 0 Å². The minimum absolute atomic E-state index is 0.0326. The summed E-state index contributed by atoms with van der Waals surface area (Å²) in [5.41, 5.74) is 0.576. The van der Waals surface area contributed by atoms with E-state index in [0.717, 1.165) is 23.7 Å². The van der Waals surface area contributed by atoms with E-state index in [9.17, 15) is 9.90 Å². The van der Waals surface area contributed by atoms with E-state index < -0.39 is 0 Å². The number of carbonyl (C=O) groups excluding carboxylic acids is 1. The second-order valence-electron chi connectivity index (χ2n) is 4.68. The van der Waals surface area contributed by atoms with Gasteiger partial charge in [-0.3, -0.25) is 4.79 Å². The molecule has 4 nitrogen and oxygen atoms in total. The molecule has 2 unspecified atom stereocenters. The molecule has 94 valence electrons. The van der Waals surface area contributed by atoms with Crippen LogP contribution in [0.1, 0.15) is 29.8 Å². The Labute approximate surface area is 109 Å². The van der Waals surface area contributed by atoms with Crippen molar-refractivity contribution in [2.24, 2.45) is 5.92 Å². The molecule has 1 fully saturated rings. The van der Waals surface area contributed by atoms with Crippen LogP contribution >= 0.6 is 15.9 Å². The van der Waals surface area contributed by atoms with Gasteiger partial charge in [0.25, 0.3) is 5.91 Å². The highest BCUT2D eigenvalue weighted by atomic mass is 79.9. The van der Waals surface area contributed by atoms with Crippen molar-refractivity contribution in [3.63, 3.8) is 0 Å². The quantitative estimate of drug-likeness (QED) is 0.897. The molecule has 1 aliphatic rings. The maximum absolute atomic E-state index is 12.0. The zero-order valence-electron chi connectivity index (χ0n) is 9.82. The summed E-state index contributed by atoms with van der Waals surface area (Å²) in [5, 5.41) is 9.74. The lowest BCUT2D eigenvalue weighted by Gasteiger charge is -2.22. The first-order chi connectivity index (χ1) is 8.08. The SMILES string of the molecule is CN(CC1CCCC1O)C(=O)c1cc(Br)c[nH]1. The lowest BCUT2D eigenvalue weighted by molar-refractivity contribution is 0.0689. The number of nitrogens with zero attached hydrogens (tertiary/aromatic N) is 1. The standard InChI is InChI=1S/C12H17BrN2O2/c1-15(7-8-3-2-4-11(8)16)12(17)10-5-9(13)6-14-10/h5-6,8,11,14,16H,2-4,7H2,1H3. The third-order valence-corrected chi connectivity index (χ3v) is 3.81. The van der Waals surface area contributed by atoms with Crippen LogP contribution in [0.4, 0.5) is 0 Å². The lowest BCUT2D eigenvalue weighted by Crippen LogP contribution is -2.34. The fraction of sp³-hybridized carbons (Fsp3) is 0.583. The molecule has 1 amide bonds. The molecule has 0 bridgehead atoms. The van der Waals surface area contributed by atoms with Gasteiger partial charge < -0.3 is 15.0 Å². The van der Waals surface area contributed by atoms with Crippen molar-refractivity contribution < 1.29 is 9.90 Å². The van der Waals surface area contributed by atoms with Crippen LogP contribution in [0.3, 0.4) is 0 Å². The van der Waals surface area contributed by atoms with Gasteiger partial charge in [-0.05, 0) is 34.8 Å². The molecule has 1 aliphatic carbocycles. The van der Waals surface area contributed by atoms with Crippen molar-refractivity contribution in [3.05, 3.63) is 22.4 Å². The van der Waals surface area contributed by atoms with Crippen LogP contribution in [0, 0.1) is 5.92 Å². The Bertz CT molecular complexity index is 405. The fourth-order valence-corrected chi connectivity index (χ4v) is 2.71. The summed E-state index contributed by atoms with van der Waals surface area (Å²) < 4.78 is 0.871. The number of hydrogen-bond donors (Lipinski definition) is 2. The molecule has 0 saturated heterocycles. The molecule has 5 heteroatoms. The van der Waals surface area contributed by atoms with Crippen molar-refractivity contribution in [2.75, 3.05) is 13.6 Å². The molecular weight excluding hydrogens is 284 g/mol. The number of hydrogen-bond acceptors (Lipinski definition) is 2. The largest absolute Gasteiger partial charge is 0.393 e. The Balaban J connectivity index is 1.95.